The molecule has 2 N–H and O–H groups in total. The van der Waals surface area contributed by atoms with Crippen LogP contribution in [0.2, 0.25) is 0 Å². The summed E-state index contributed by atoms with van der Waals surface area (Å²) in [5, 5.41) is 0. The molecule has 0 amide bonds. The van der Waals surface area contributed by atoms with E-state index in [1.165, 1.54) is 0 Å². The molecule has 1 fully saturated rings. The van der Waals surface area contributed by atoms with Crippen molar-refractivity contribution in [2.24, 2.45) is 0 Å². The van der Waals surface area contributed by atoms with E-state index in [-0.39, 0.29) is 17.6 Å². The molecule has 0 atom stereocenters. The van der Waals surface area contributed by atoms with Crippen molar-refractivity contribution in [1.29, 1.82) is 0 Å². The molecule has 6 heteroatoms. The van der Waals surface area contributed by atoms with E-state index in [1.54, 1.807) is 0 Å². The quantitative estimate of drug-likeness (QED) is 0.847. The van der Waals surface area contributed by atoms with Gasteiger partial charge in [-0.3, -0.25) is 0 Å². The Kier molecular flexibility index (Phi) is 3.89. The molecule has 1 aromatic rings. The smallest absolute Gasteiger partial charge is 0.153 e. The van der Waals surface area contributed by atoms with Crippen LogP contribution in [0.25, 0.3) is 0 Å². The third-order valence-electron chi connectivity index (χ3n) is 3.09. The molecule has 1 heterocycles. The molecular weight excluding hydrogens is 264 g/mol. The number of anilines is 2. The lowest BCUT2D eigenvalue weighted by Crippen LogP contribution is -2.40. The number of nitrogens with two attached hydrogens (primary N) is 1. The molecule has 5 nitrogen and oxygen atoms in total. The van der Waals surface area contributed by atoms with Crippen LogP contribution in [-0.4, -0.2) is 39.1 Å². The first-order chi connectivity index (χ1) is 8.89. The zero-order valence-corrected chi connectivity index (χ0v) is 12.1. The molecule has 0 aliphatic carbocycles. The fourth-order valence-corrected chi connectivity index (χ4v) is 3.32. The maximum atomic E-state index is 11.4. The normalized spacial score (nSPS) is 18.6. The number of rotatable bonds is 3. The van der Waals surface area contributed by atoms with Gasteiger partial charge in [0.05, 0.1) is 29.0 Å². The zero-order chi connectivity index (χ0) is 14.0. The van der Waals surface area contributed by atoms with Crippen LogP contribution < -0.4 is 15.4 Å². The fraction of sp³-hybridized carbons (Fsp3) is 0.538. The summed E-state index contributed by atoms with van der Waals surface area (Å²) >= 11 is 0. The minimum Gasteiger partial charge on any atom is -0.489 e. The molecule has 106 valence electrons. The van der Waals surface area contributed by atoms with Crippen LogP contribution >= 0.6 is 0 Å². The average molecular weight is 284 g/mol. The highest BCUT2D eigenvalue weighted by atomic mass is 32.2. The highest BCUT2D eigenvalue weighted by Gasteiger charge is 2.23. The minimum absolute atomic E-state index is 0.0549. The number of nitrogens with zero attached hydrogens (tertiary/aromatic N) is 1. The third kappa shape index (κ3) is 3.32. The van der Waals surface area contributed by atoms with Crippen molar-refractivity contribution in [3.63, 3.8) is 0 Å². The van der Waals surface area contributed by atoms with Gasteiger partial charge in [0.15, 0.2) is 9.84 Å². The molecular formula is C13H20N2O3S. The molecule has 0 radical (unpaired) electrons. The van der Waals surface area contributed by atoms with Gasteiger partial charge in [-0.05, 0) is 26.0 Å². The highest BCUT2D eigenvalue weighted by molar-refractivity contribution is 7.91. The molecule has 0 spiro atoms. The van der Waals surface area contributed by atoms with Gasteiger partial charge in [-0.15, -0.1) is 0 Å². The minimum atomic E-state index is -2.88. The van der Waals surface area contributed by atoms with Crippen LogP contribution in [0, 0.1) is 0 Å². The second kappa shape index (κ2) is 5.28. The van der Waals surface area contributed by atoms with Gasteiger partial charge in [0.25, 0.3) is 0 Å². The van der Waals surface area contributed by atoms with Crippen molar-refractivity contribution in [2.45, 2.75) is 20.0 Å². The lowest BCUT2D eigenvalue weighted by atomic mass is 10.2. The van der Waals surface area contributed by atoms with Gasteiger partial charge < -0.3 is 15.4 Å². The number of ether oxygens (including phenoxy) is 1. The van der Waals surface area contributed by atoms with Gasteiger partial charge in [-0.25, -0.2) is 8.42 Å². The number of nitrogen functional groups attached to an aromatic ring is 1. The van der Waals surface area contributed by atoms with Crippen molar-refractivity contribution < 1.29 is 13.2 Å². The largest absolute Gasteiger partial charge is 0.489 e. The van der Waals surface area contributed by atoms with E-state index in [2.05, 4.69) is 0 Å². The van der Waals surface area contributed by atoms with Gasteiger partial charge in [-0.1, -0.05) is 6.07 Å². The molecule has 0 unspecified atom stereocenters. The predicted octanol–water partition coefficient (Wildman–Crippen LogP) is 1.29. The maximum absolute atomic E-state index is 11.4. The second-order valence-electron chi connectivity index (χ2n) is 4.99. The summed E-state index contributed by atoms with van der Waals surface area (Å²) in [6.45, 7) is 4.86. The van der Waals surface area contributed by atoms with E-state index in [1.807, 2.05) is 36.9 Å². The Hall–Kier alpha value is -1.43. The van der Waals surface area contributed by atoms with Crippen LogP contribution in [0.4, 0.5) is 11.4 Å². The molecule has 1 saturated heterocycles. The van der Waals surface area contributed by atoms with Gasteiger partial charge in [0.1, 0.15) is 5.75 Å². The summed E-state index contributed by atoms with van der Waals surface area (Å²) in [4.78, 5) is 2.00. The van der Waals surface area contributed by atoms with Crippen molar-refractivity contribution in [3.8, 4) is 5.75 Å². The number of hydrogen-bond donors (Lipinski definition) is 1. The van der Waals surface area contributed by atoms with Crippen LogP contribution in [-0.2, 0) is 9.84 Å². The summed E-state index contributed by atoms with van der Waals surface area (Å²) < 4.78 is 28.5. The Balaban J connectivity index is 2.21. The second-order valence-corrected chi connectivity index (χ2v) is 7.30. The first-order valence-electron chi connectivity index (χ1n) is 6.39. The monoisotopic (exact) mass is 284 g/mol. The predicted molar refractivity (Wildman–Crippen MR) is 77.5 cm³/mol. The lowest BCUT2D eigenvalue weighted by molar-refractivity contribution is 0.244. The van der Waals surface area contributed by atoms with Crippen molar-refractivity contribution in [2.75, 3.05) is 35.2 Å². The van der Waals surface area contributed by atoms with Crippen LogP contribution in [0.15, 0.2) is 18.2 Å². The summed E-state index contributed by atoms with van der Waals surface area (Å²) in [5.41, 5.74) is 7.55. The van der Waals surface area contributed by atoms with E-state index in [9.17, 15) is 8.42 Å². The molecule has 1 aromatic carbocycles. The van der Waals surface area contributed by atoms with Crippen LogP contribution in [0.1, 0.15) is 13.8 Å². The third-order valence-corrected chi connectivity index (χ3v) is 4.70. The summed E-state index contributed by atoms with van der Waals surface area (Å²) in [6, 6.07) is 5.62. The van der Waals surface area contributed by atoms with E-state index in [4.69, 9.17) is 10.5 Å². The Labute approximate surface area is 114 Å². The molecule has 0 bridgehead atoms. The van der Waals surface area contributed by atoms with Gasteiger partial charge in [0, 0.05) is 13.1 Å². The first kappa shape index (κ1) is 14.0. The summed E-state index contributed by atoms with van der Waals surface area (Å²) in [7, 11) is -2.88. The Morgan fingerprint density at radius 1 is 1.26 bits per heavy atom. The molecule has 1 aliphatic heterocycles. The Bertz CT molecular complexity index is 541. The van der Waals surface area contributed by atoms with E-state index in [0.29, 0.717) is 24.5 Å². The molecule has 1 aliphatic rings. The number of para-hydroxylation sites is 1. The summed E-state index contributed by atoms with van der Waals surface area (Å²) in [6.07, 6.45) is 0.0549. The SMILES string of the molecule is CC(C)Oc1cccc(N2CCS(=O)(=O)CC2)c1N. The standard InChI is InChI=1S/C13H20N2O3S/c1-10(2)18-12-5-3-4-11(13(12)14)15-6-8-19(16,17)9-7-15/h3-5,10H,6-9,14H2,1-2H3. The van der Waals surface area contributed by atoms with E-state index < -0.39 is 9.84 Å². The van der Waals surface area contributed by atoms with E-state index >= 15 is 0 Å². The van der Waals surface area contributed by atoms with Gasteiger partial charge in [0.2, 0.25) is 0 Å². The summed E-state index contributed by atoms with van der Waals surface area (Å²) in [5.74, 6) is 1.02. The average Bonchev–Trinajstić information content (AvgIpc) is 2.32. The number of benzene rings is 1. The van der Waals surface area contributed by atoms with Crippen LogP contribution in [0.3, 0.4) is 0 Å². The Morgan fingerprint density at radius 2 is 1.89 bits per heavy atom. The van der Waals surface area contributed by atoms with Crippen LogP contribution in [0.5, 0.6) is 5.75 Å². The number of hydrogen-bond acceptors (Lipinski definition) is 5. The Morgan fingerprint density at radius 3 is 2.47 bits per heavy atom. The highest BCUT2D eigenvalue weighted by Crippen LogP contribution is 2.33. The van der Waals surface area contributed by atoms with Crippen molar-refractivity contribution >= 4 is 21.2 Å². The molecule has 19 heavy (non-hydrogen) atoms. The van der Waals surface area contributed by atoms with E-state index in [0.717, 1.165) is 5.69 Å². The van der Waals surface area contributed by atoms with Crippen molar-refractivity contribution in [1.82, 2.24) is 0 Å². The van der Waals surface area contributed by atoms with Gasteiger partial charge in [-0.2, -0.15) is 0 Å². The number of sulfone groups is 1. The fourth-order valence-electron chi connectivity index (χ4n) is 2.12. The maximum Gasteiger partial charge on any atom is 0.153 e. The lowest BCUT2D eigenvalue weighted by Gasteiger charge is -2.30. The molecule has 2 rings (SSSR count). The van der Waals surface area contributed by atoms with Crippen molar-refractivity contribution in [3.05, 3.63) is 18.2 Å². The van der Waals surface area contributed by atoms with Gasteiger partial charge >= 0.3 is 0 Å². The first-order valence-corrected chi connectivity index (χ1v) is 8.22. The topological polar surface area (TPSA) is 72.6 Å². The molecule has 0 aromatic heterocycles. The zero-order valence-electron chi connectivity index (χ0n) is 11.3. The molecule has 0 saturated carbocycles.